The third kappa shape index (κ3) is 1.55. The molecule has 0 saturated carbocycles. The van der Waals surface area contributed by atoms with Crippen LogP contribution in [-0.2, 0) is 0 Å². The van der Waals surface area contributed by atoms with Gasteiger partial charge in [0.05, 0.1) is 5.69 Å². The Kier molecular flexibility index (Phi) is 2.32. The van der Waals surface area contributed by atoms with Gasteiger partial charge in [0, 0.05) is 5.69 Å². The minimum absolute atomic E-state index is 0.0171. The Labute approximate surface area is 70.1 Å². The Hall–Kier alpha value is -1.52. The van der Waals surface area contributed by atoms with E-state index in [0.29, 0.717) is 5.69 Å². The van der Waals surface area contributed by atoms with Crippen LogP contribution >= 0.6 is 0 Å². The van der Waals surface area contributed by atoms with Gasteiger partial charge in [0.25, 0.3) is 0 Å². The second-order valence-electron chi connectivity index (χ2n) is 2.31. The van der Waals surface area contributed by atoms with Gasteiger partial charge in [-0.15, -0.1) is 5.23 Å². The largest absolute Gasteiger partial charge is 0.398 e. The van der Waals surface area contributed by atoms with Crippen LogP contribution in [0.4, 0.5) is 11.4 Å². The molecule has 4 heteroatoms. The van der Waals surface area contributed by atoms with E-state index in [4.69, 9.17) is 16.1 Å². The molecular formula is C8H10N2O2. The summed E-state index contributed by atoms with van der Waals surface area (Å²) in [6.07, 6.45) is 1.60. The Bertz CT molecular complexity index is 297. The van der Waals surface area contributed by atoms with Gasteiger partial charge in [-0.25, -0.2) is 0 Å². The highest BCUT2D eigenvalue weighted by molar-refractivity contribution is 5.68. The van der Waals surface area contributed by atoms with Gasteiger partial charge in [-0.1, -0.05) is 18.7 Å². The highest BCUT2D eigenvalue weighted by atomic mass is 16.8. The van der Waals surface area contributed by atoms with E-state index in [2.05, 4.69) is 6.58 Å². The summed E-state index contributed by atoms with van der Waals surface area (Å²) in [6.45, 7) is 3.55. The number of rotatable bonds is 2. The lowest BCUT2D eigenvalue weighted by atomic mass is 10.1. The molecule has 1 aromatic rings. The molecule has 0 spiro atoms. The van der Waals surface area contributed by atoms with Crippen molar-refractivity contribution in [3.63, 3.8) is 0 Å². The van der Waals surface area contributed by atoms with E-state index in [1.807, 2.05) is 0 Å². The molecule has 0 aliphatic carbocycles. The summed E-state index contributed by atoms with van der Waals surface area (Å²) in [5.74, 6) is 0. The first-order valence-electron chi connectivity index (χ1n) is 3.35. The van der Waals surface area contributed by atoms with Crippen LogP contribution in [-0.4, -0.2) is 10.4 Å². The van der Waals surface area contributed by atoms with Crippen LogP contribution in [0.2, 0.25) is 0 Å². The van der Waals surface area contributed by atoms with Crippen molar-refractivity contribution in [3.05, 3.63) is 30.3 Å². The molecule has 0 aromatic heterocycles. The molecule has 0 heterocycles. The number of hydrogen-bond acceptors (Lipinski definition) is 4. The maximum Gasteiger partial charge on any atom is 0.0963 e. The number of nitrogens with zero attached hydrogens (tertiary/aromatic N) is 1. The number of anilines is 2. The molecule has 64 valence electrons. The number of hydrogen-bond donors (Lipinski definition) is 3. The van der Waals surface area contributed by atoms with Crippen LogP contribution in [0, 0.1) is 0 Å². The predicted molar refractivity (Wildman–Crippen MR) is 47.0 cm³/mol. The third-order valence-corrected chi connectivity index (χ3v) is 1.52. The zero-order valence-corrected chi connectivity index (χ0v) is 6.44. The fourth-order valence-corrected chi connectivity index (χ4v) is 0.872. The molecule has 1 rings (SSSR count). The Morgan fingerprint density at radius 1 is 1.42 bits per heavy atom. The fraction of sp³-hybridized carbons (Fsp3) is 0. The standard InChI is InChI=1S/C8H10N2O2/c1-2-6-3-4-7(10(11)12)5-8(6)9/h2-5,11-12H,1,9H2. The molecule has 4 N–H and O–H groups in total. The van der Waals surface area contributed by atoms with E-state index in [0.717, 1.165) is 5.56 Å². The monoisotopic (exact) mass is 166 g/mol. The first-order valence-corrected chi connectivity index (χ1v) is 3.35. The highest BCUT2D eigenvalue weighted by Crippen LogP contribution is 2.20. The van der Waals surface area contributed by atoms with Gasteiger partial charge in [0.2, 0.25) is 0 Å². The van der Waals surface area contributed by atoms with Gasteiger partial charge >= 0.3 is 0 Å². The summed E-state index contributed by atoms with van der Waals surface area (Å²) in [4.78, 5) is 0. The molecule has 12 heavy (non-hydrogen) atoms. The Morgan fingerprint density at radius 2 is 2.08 bits per heavy atom. The normalized spacial score (nSPS) is 9.50. The molecule has 0 radical (unpaired) electrons. The number of nitrogen functional groups attached to an aromatic ring is 1. The quantitative estimate of drug-likeness (QED) is 0.460. The highest BCUT2D eigenvalue weighted by Gasteiger charge is 2.00. The smallest absolute Gasteiger partial charge is 0.0963 e. The zero-order valence-electron chi connectivity index (χ0n) is 6.44. The molecule has 0 amide bonds. The van der Waals surface area contributed by atoms with Crippen molar-refractivity contribution in [1.29, 1.82) is 0 Å². The van der Waals surface area contributed by atoms with Crippen molar-refractivity contribution in [2.24, 2.45) is 0 Å². The predicted octanol–water partition coefficient (Wildman–Crippen LogP) is 1.50. The Morgan fingerprint density at radius 3 is 2.50 bits per heavy atom. The van der Waals surface area contributed by atoms with Crippen molar-refractivity contribution >= 4 is 17.5 Å². The topological polar surface area (TPSA) is 69.7 Å². The Balaban J connectivity index is 3.10. The van der Waals surface area contributed by atoms with Gasteiger partial charge in [-0.05, 0) is 17.7 Å². The van der Waals surface area contributed by atoms with Gasteiger partial charge < -0.3 is 5.73 Å². The number of benzene rings is 1. The molecule has 0 saturated heterocycles. The lowest BCUT2D eigenvalue weighted by Crippen LogP contribution is -2.11. The molecule has 0 aliphatic rings. The second kappa shape index (κ2) is 3.25. The molecule has 4 nitrogen and oxygen atoms in total. The van der Waals surface area contributed by atoms with Crippen LogP contribution in [0.1, 0.15) is 5.56 Å². The molecule has 0 atom stereocenters. The van der Waals surface area contributed by atoms with Gasteiger partial charge in [0.15, 0.2) is 0 Å². The van der Waals surface area contributed by atoms with E-state index in [1.165, 1.54) is 12.1 Å². The second-order valence-corrected chi connectivity index (χ2v) is 2.31. The van der Waals surface area contributed by atoms with Crippen LogP contribution in [0.5, 0.6) is 0 Å². The summed E-state index contributed by atoms with van der Waals surface area (Å²) < 4.78 is 0. The lowest BCUT2D eigenvalue weighted by Gasteiger charge is -2.09. The van der Waals surface area contributed by atoms with E-state index in [9.17, 15) is 0 Å². The van der Waals surface area contributed by atoms with Crippen LogP contribution in [0.25, 0.3) is 6.08 Å². The fourth-order valence-electron chi connectivity index (χ4n) is 0.872. The van der Waals surface area contributed by atoms with Crippen molar-refractivity contribution in [2.45, 2.75) is 0 Å². The first-order chi connectivity index (χ1) is 5.65. The lowest BCUT2D eigenvalue weighted by molar-refractivity contribution is 0.0292. The first kappa shape index (κ1) is 8.58. The van der Waals surface area contributed by atoms with Crippen molar-refractivity contribution in [3.8, 4) is 0 Å². The van der Waals surface area contributed by atoms with Crippen LogP contribution in [0.15, 0.2) is 24.8 Å². The molecular weight excluding hydrogens is 156 g/mol. The molecule has 1 aromatic carbocycles. The number of nitrogens with two attached hydrogens (primary N) is 1. The average molecular weight is 166 g/mol. The van der Waals surface area contributed by atoms with Crippen molar-refractivity contribution < 1.29 is 10.4 Å². The van der Waals surface area contributed by atoms with E-state index in [-0.39, 0.29) is 10.9 Å². The summed E-state index contributed by atoms with van der Waals surface area (Å²) >= 11 is 0. The average Bonchev–Trinajstić information content (AvgIpc) is 2.04. The van der Waals surface area contributed by atoms with Crippen molar-refractivity contribution in [2.75, 3.05) is 11.0 Å². The summed E-state index contributed by atoms with van der Waals surface area (Å²) in [5, 5.41) is 17.3. The van der Waals surface area contributed by atoms with Crippen LogP contribution in [0.3, 0.4) is 0 Å². The minimum Gasteiger partial charge on any atom is -0.398 e. The molecule has 0 bridgehead atoms. The van der Waals surface area contributed by atoms with Crippen molar-refractivity contribution in [1.82, 2.24) is 0 Å². The third-order valence-electron chi connectivity index (χ3n) is 1.52. The minimum atomic E-state index is 0.0171. The van der Waals surface area contributed by atoms with E-state index < -0.39 is 0 Å². The van der Waals surface area contributed by atoms with Gasteiger partial charge in [-0.2, -0.15) is 0 Å². The molecule has 0 unspecified atom stereocenters. The zero-order chi connectivity index (χ0) is 9.14. The van der Waals surface area contributed by atoms with Gasteiger partial charge in [-0.3, -0.25) is 10.4 Å². The van der Waals surface area contributed by atoms with E-state index >= 15 is 0 Å². The van der Waals surface area contributed by atoms with Gasteiger partial charge in [0.1, 0.15) is 0 Å². The van der Waals surface area contributed by atoms with E-state index in [1.54, 1.807) is 12.1 Å². The molecule has 0 aliphatic heterocycles. The maximum atomic E-state index is 8.62. The summed E-state index contributed by atoms with van der Waals surface area (Å²) in [5.41, 5.74) is 6.99. The summed E-state index contributed by atoms with van der Waals surface area (Å²) in [7, 11) is 0. The maximum absolute atomic E-state index is 8.62. The van der Waals surface area contributed by atoms with Crippen LogP contribution < -0.4 is 11.0 Å². The molecule has 0 fully saturated rings. The summed E-state index contributed by atoms with van der Waals surface area (Å²) in [6, 6.07) is 4.61. The SMILES string of the molecule is C=Cc1ccc(N(O)O)cc1N.